The second kappa shape index (κ2) is 7.67. The van der Waals surface area contributed by atoms with E-state index in [-0.39, 0.29) is 12.3 Å². The second-order valence-electron chi connectivity index (χ2n) is 3.58. The van der Waals surface area contributed by atoms with Crippen molar-refractivity contribution in [3.63, 3.8) is 0 Å². The molecule has 0 amide bonds. The highest BCUT2D eigenvalue weighted by Gasteiger charge is 2.27. The summed E-state index contributed by atoms with van der Waals surface area (Å²) in [7, 11) is 1.00. The van der Waals surface area contributed by atoms with E-state index in [4.69, 9.17) is 12.9 Å². The van der Waals surface area contributed by atoms with Crippen molar-refractivity contribution in [2.45, 2.75) is 25.2 Å². The lowest BCUT2D eigenvalue weighted by atomic mass is 10.2. The highest BCUT2D eigenvalue weighted by molar-refractivity contribution is 14.1. The Balaban J connectivity index is 0.000000771. The van der Waals surface area contributed by atoms with Crippen molar-refractivity contribution in [2.75, 3.05) is 13.7 Å². The lowest BCUT2D eigenvalue weighted by Crippen LogP contribution is -2.31. The standard InChI is InChI=1S/C9H11IN2O4.CH4O/c10-15-5-6-1-2-8(16-6)12-4-3-7(13)11-9(12)14;1-2/h3-4,6,8H,1-2,5H2,(H,11,13,14);2H,1H3. The fourth-order valence-corrected chi connectivity index (χ4v) is 2.14. The highest BCUT2D eigenvalue weighted by Crippen LogP contribution is 2.27. The summed E-state index contributed by atoms with van der Waals surface area (Å²) in [5.41, 5.74) is -0.833. The maximum absolute atomic E-state index is 11.5. The molecule has 2 atom stereocenters. The van der Waals surface area contributed by atoms with Crippen LogP contribution in [-0.2, 0) is 7.80 Å². The largest absolute Gasteiger partial charge is 0.400 e. The van der Waals surface area contributed by atoms with Gasteiger partial charge in [-0.25, -0.2) is 4.79 Å². The Bertz CT molecular complexity index is 472. The zero-order valence-electron chi connectivity index (χ0n) is 9.84. The molecule has 1 aromatic rings. The molecule has 0 aliphatic carbocycles. The first-order valence-electron chi connectivity index (χ1n) is 5.36. The van der Waals surface area contributed by atoms with Gasteiger partial charge < -0.3 is 12.9 Å². The van der Waals surface area contributed by atoms with Crippen LogP contribution < -0.4 is 11.2 Å². The first kappa shape index (κ1) is 15.3. The lowest BCUT2D eigenvalue weighted by molar-refractivity contribution is -0.0140. The Labute approximate surface area is 117 Å². The van der Waals surface area contributed by atoms with Gasteiger partial charge in [-0.3, -0.25) is 14.3 Å². The highest BCUT2D eigenvalue weighted by atomic mass is 127. The number of aliphatic hydroxyl groups is 1. The summed E-state index contributed by atoms with van der Waals surface area (Å²) in [6, 6.07) is 1.31. The van der Waals surface area contributed by atoms with Crippen molar-refractivity contribution < 1.29 is 12.9 Å². The van der Waals surface area contributed by atoms with E-state index in [2.05, 4.69) is 4.98 Å². The Morgan fingerprint density at radius 1 is 1.56 bits per heavy atom. The van der Waals surface area contributed by atoms with Crippen LogP contribution in [-0.4, -0.2) is 34.5 Å². The van der Waals surface area contributed by atoms with E-state index < -0.39 is 11.2 Å². The molecule has 2 unspecified atom stereocenters. The summed E-state index contributed by atoms with van der Waals surface area (Å²) in [6.07, 6.45) is 2.76. The van der Waals surface area contributed by atoms with Crippen molar-refractivity contribution in [1.29, 1.82) is 0 Å². The van der Waals surface area contributed by atoms with Gasteiger partial charge in [-0.15, -0.1) is 0 Å². The number of hydrogen-bond donors (Lipinski definition) is 2. The van der Waals surface area contributed by atoms with Gasteiger partial charge in [0.15, 0.2) is 0 Å². The molecule has 7 nitrogen and oxygen atoms in total. The molecule has 0 spiro atoms. The third kappa shape index (κ3) is 3.90. The molecule has 0 saturated carbocycles. The fraction of sp³-hybridized carbons (Fsp3) is 0.600. The molecule has 1 saturated heterocycles. The van der Waals surface area contributed by atoms with Crippen LogP contribution in [0.5, 0.6) is 0 Å². The van der Waals surface area contributed by atoms with Gasteiger partial charge in [0.05, 0.1) is 12.7 Å². The van der Waals surface area contributed by atoms with Crippen molar-refractivity contribution in [3.05, 3.63) is 33.1 Å². The van der Waals surface area contributed by atoms with Gasteiger partial charge in [0.1, 0.15) is 29.2 Å². The minimum atomic E-state index is -0.437. The quantitative estimate of drug-likeness (QED) is 0.741. The zero-order chi connectivity index (χ0) is 13.5. The number of nitrogens with zero attached hydrogens (tertiary/aromatic N) is 1. The molecule has 0 radical (unpaired) electrons. The SMILES string of the molecule is CO.O=c1ccn(C2CCC(COI)O2)c(=O)[nH]1. The van der Waals surface area contributed by atoms with Gasteiger partial charge in [-0.2, -0.15) is 0 Å². The van der Waals surface area contributed by atoms with Crippen LogP contribution in [0.1, 0.15) is 19.1 Å². The number of nitrogens with one attached hydrogen (secondary N) is 1. The first-order chi connectivity index (χ1) is 8.70. The summed E-state index contributed by atoms with van der Waals surface area (Å²) < 4.78 is 12.0. The van der Waals surface area contributed by atoms with Crippen LogP contribution in [0.4, 0.5) is 0 Å². The molecule has 102 valence electrons. The molecule has 2 rings (SSSR count). The third-order valence-corrected chi connectivity index (χ3v) is 2.86. The Kier molecular flexibility index (Phi) is 6.54. The topological polar surface area (TPSA) is 93.5 Å². The molecular formula is C10H15IN2O5. The summed E-state index contributed by atoms with van der Waals surface area (Å²) in [5.74, 6) is 0. The van der Waals surface area contributed by atoms with E-state index in [1.54, 1.807) is 0 Å². The zero-order valence-corrected chi connectivity index (χ0v) is 12.0. The van der Waals surface area contributed by atoms with Crippen LogP contribution in [0.25, 0.3) is 0 Å². The maximum Gasteiger partial charge on any atom is 0.330 e. The van der Waals surface area contributed by atoms with Crippen LogP contribution in [0.3, 0.4) is 0 Å². The molecule has 0 bridgehead atoms. The molecule has 1 aliphatic heterocycles. The summed E-state index contributed by atoms with van der Waals surface area (Å²) in [5, 5.41) is 7.00. The Morgan fingerprint density at radius 3 is 2.89 bits per heavy atom. The third-order valence-electron chi connectivity index (χ3n) is 2.50. The molecule has 18 heavy (non-hydrogen) atoms. The van der Waals surface area contributed by atoms with Crippen LogP contribution >= 0.6 is 23.0 Å². The van der Waals surface area contributed by atoms with Crippen LogP contribution in [0, 0.1) is 0 Å². The first-order valence-corrected chi connectivity index (χ1v) is 6.24. The molecule has 2 N–H and O–H groups in total. The minimum Gasteiger partial charge on any atom is -0.400 e. The van der Waals surface area contributed by atoms with Crippen molar-refractivity contribution in [1.82, 2.24) is 9.55 Å². The number of ether oxygens (including phenoxy) is 1. The molecule has 1 aliphatic rings. The number of rotatable bonds is 3. The molecule has 0 aromatic carbocycles. The van der Waals surface area contributed by atoms with Crippen LogP contribution in [0.2, 0.25) is 0 Å². The van der Waals surface area contributed by atoms with Crippen LogP contribution in [0.15, 0.2) is 21.9 Å². The number of aromatic amines is 1. The van der Waals surface area contributed by atoms with Gasteiger partial charge >= 0.3 is 5.69 Å². The molecule has 1 fully saturated rings. The number of H-pyrrole nitrogens is 1. The summed E-state index contributed by atoms with van der Waals surface area (Å²) in [6.45, 7) is 0.509. The van der Waals surface area contributed by atoms with Crippen molar-refractivity contribution in [3.8, 4) is 0 Å². The monoisotopic (exact) mass is 370 g/mol. The van der Waals surface area contributed by atoms with E-state index in [0.29, 0.717) is 6.61 Å². The number of halogens is 1. The maximum atomic E-state index is 11.5. The smallest absolute Gasteiger partial charge is 0.330 e. The number of aromatic nitrogens is 2. The second-order valence-corrected chi connectivity index (χ2v) is 4.21. The minimum absolute atomic E-state index is 0.0146. The van der Waals surface area contributed by atoms with Gasteiger partial charge in [0, 0.05) is 19.4 Å². The van der Waals surface area contributed by atoms with E-state index in [0.717, 1.165) is 20.0 Å². The van der Waals surface area contributed by atoms with Gasteiger partial charge in [-0.1, -0.05) is 0 Å². The Hall–Kier alpha value is -0.710. The van der Waals surface area contributed by atoms with Gasteiger partial charge in [-0.05, 0) is 12.8 Å². The predicted octanol–water partition coefficient (Wildman–Crippen LogP) is 0.189. The van der Waals surface area contributed by atoms with Crippen molar-refractivity contribution >= 4 is 23.0 Å². The average molecular weight is 370 g/mol. The molecule has 8 heteroatoms. The fourth-order valence-electron chi connectivity index (χ4n) is 1.74. The Morgan fingerprint density at radius 2 is 2.28 bits per heavy atom. The van der Waals surface area contributed by atoms with E-state index in [1.165, 1.54) is 16.8 Å². The normalized spacial score (nSPS) is 22.4. The van der Waals surface area contributed by atoms with Gasteiger partial charge in [0.2, 0.25) is 0 Å². The lowest BCUT2D eigenvalue weighted by Gasteiger charge is -2.14. The van der Waals surface area contributed by atoms with Crippen molar-refractivity contribution in [2.24, 2.45) is 0 Å². The molecular weight excluding hydrogens is 355 g/mol. The number of aliphatic hydroxyl groups excluding tert-OH is 1. The van der Waals surface area contributed by atoms with E-state index >= 15 is 0 Å². The summed E-state index contributed by atoms with van der Waals surface area (Å²) >= 11 is 1.81. The molecule has 2 heterocycles. The number of hydrogen-bond acceptors (Lipinski definition) is 5. The molecule has 1 aromatic heterocycles. The van der Waals surface area contributed by atoms with E-state index in [1.807, 2.05) is 23.0 Å². The predicted molar refractivity (Wildman–Crippen MR) is 72.6 cm³/mol. The van der Waals surface area contributed by atoms with E-state index in [9.17, 15) is 9.59 Å². The van der Waals surface area contributed by atoms with Gasteiger partial charge in [0.25, 0.3) is 5.56 Å². The average Bonchev–Trinajstić information content (AvgIpc) is 2.80. The summed E-state index contributed by atoms with van der Waals surface area (Å²) in [4.78, 5) is 24.6.